The second-order valence-corrected chi connectivity index (χ2v) is 6.62. The molecular weight excluding hydrogens is 401 g/mol. The molecule has 0 saturated carbocycles. The highest BCUT2D eigenvalue weighted by atomic mass is 79.9. The van der Waals surface area contributed by atoms with Gasteiger partial charge in [0, 0.05) is 16.0 Å². The van der Waals surface area contributed by atoms with Crippen LogP contribution in [0.5, 0.6) is 11.5 Å². The lowest BCUT2D eigenvalue weighted by Crippen LogP contribution is -2.03. The van der Waals surface area contributed by atoms with Crippen molar-refractivity contribution in [1.29, 1.82) is 0 Å². The summed E-state index contributed by atoms with van der Waals surface area (Å²) in [6, 6.07) is 9.19. The van der Waals surface area contributed by atoms with Crippen LogP contribution in [-0.2, 0) is 6.54 Å². The minimum Gasteiger partial charge on any atom is -0.493 e. The Bertz CT molecular complexity index is 680. The Kier molecular flexibility index (Phi) is 6.88. The second kappa shape index (κ2) is 8.67. The van der Waals surface area contributed by atoms with E-state index in [2.05, 4.69) is 28.2 Å². The molecule has 124 valence electrons. The van der Waals surface area contributed by atoms with Crippen molar-refractivity contribution in [2.75, 3.05) is 19.0 Å². The third-order valence-corrected chi connectivity index (χ3v) is 4.49. The third-order valence-electron chi connectivity index (χ3n) is 3.19. The highest BCUT2D eigenvalue weighted by Crippen LogP contribution is 2.34. The topological polar surface area (TPSA) is 30.5 Å². The van der Waals surface area contributed by atoms with Crippen molar-refractivity contribution < 1.29 is 9.47 Å². The first kappa shape index (κ1) is 18.2. The lowest BCUT2D eigenvalue weighted by molar-refractivity contribution is 0.294. The number of halogens is 3. The molecule has 0 amide bonds. The largest absolute Gasteiger partial charge is 0.493 e. The molecule has 2 aromatic rings. The standard InChI is InChI=1S/C17H18BrCl2NO2/c1-3-6-23-17-9-13(18)11(7-16(17)22-2)10-21-15-8-12(19)4-5-14(15)20/h4-5,7-9,21H,3,6,10H2,1-2H3. The summed E-state index contributed by atoms with van der Waals surface area (Å²) < 4.78 is 12.0. The van der Waals surface area contributed by atoms with Gasteiger partial charge >= 0.3 is 0 Å². The first-order valence-electron chi connectivity index (χ1n) is 7.23. The Morgan fingerprint density at radius 1 is 1.13 bits per heavy atom. The Hall–Kier alpha value is -1.10. The Morgan fingerprint density at radius 3 is 2.61 bits per heavy atom. The van der Waals surface area contributed by atoms with E-state index in [1.54, 1.807) is 25.3 Å². The molecule has 23 heavy (non-hydrogen) atoms. The summed E-state index contributed by atoms with van der Waals surface area (Å²) in [4.78, 5) is 0. The monoisotopic (exact) mass is 417 g/mol. The number of benzene rings is 2. The first-order valence-corrected chi connectivity index (χ1v) is 8.78. The molecule has 2 rings (SSSR count). The van der Waals surface area contributed by atoms with Crippen LogP contribution in [-0.4, -0.2) is 13.7 Å². The molecule has 0 spiro atoms. The number of hydrogen-bond acceptors (Lipinski definition) is 3. The van der Waals surface area contributed by atoms with E-state index in [-0.39, 0.29) is 0 Å². The van der Waals surface area contributed by atoms with E-state index < -0.39 is 0 Å². The van der Waals surface area contributed by atoms with Crippen LogP contribution in [0.1, 0.15) is 18.9 Å². The summed E-state index contributed by atoms with van der Waals surface area (Å²) >= 11 is 15.7. The van der Waals surface area contributed by atoms with Gasteiger partial charge in [-0.05, 0) is 42.3 Å². The molecule has 0 unspecified atom stereocenters. The van der Waals surface area contributed by atoms with Gasteiger partial charge in [-0.25, -0.2) is 0 Å². The van der Waals surface area contributed by atoms with Crippen LogP contribution < -0.4 is 14.8 Å². The van der Waals surface area contributed by atoms with Crippen LogP contribution in [0.4, 0.5) is 5.69 Å². The predicted octanol–water partition coefficient (Wildman–Crippen LogP) is 6.17. The molecule has 0 aliphatic carbocycles. The molecule has 0 saturated heterocycles. The Morgan fingerprint density at radius 2 is 1.91 bits per heavy atom. The van der Waals surface area contributed by atoms with E-state index in [0.29, 0.717) is 28.9 Å². The summed E-state index contributed by atoms with van der Waals surface area (Å²) in [6.45, 7) is 3.29. The Labute approximate surface area is 155 Å². The van der Waals surface area contributed by atoms with E-state index in [0.717, 1.165) is 27.9 Å². The van der Waals surface area contributed by atoms with Gasteiger partial charge in [0.15, 0.2) is 11.5 Å². The minimum absolute atomic E-state index is 0.574. The van der Waals surface area contributed by atoms with E-state index >= 15 is 0 Å². The number of methoxy groups -OCH3 is 1. The first-order chi connectivity index (χ1) is 11.0. The lowest BCUT2D eigenvalue weighted by atomic mass is 10.2. The summed E-state index contributed by atoms with van der Waals surface area (Å²) in [5.74, 6) is 1.43. The molecule has 0 atom stereocenters. The van der Waals surface area contributed by atoms with E-state index in [1.807, 2.05) is 12.1 Å². The highest BCUT2D eigenvalue weighted by Gasteiger charge is 2.11. The van der Waals surface area contributed by atoms with Gasteiger partial charge in [0.2, 0.25) is 0 Å². The van der Waals surface area contributed by atoms with Crippen LogP contribution in [0.15, 0.2) is 34.8 Å². The van der Waals surface area contributed by atoms with Crippen LogP contribution in [0, 0.1) is 0 Å². The Balaban J connectivity index is 2.18. The fraction of sp³-hybridized carbons (Fsp3) is 0.294. The normalized spacial score (nSPS) is 10.5. The quantitative estimate of drug-likeness (QED) is 0.583. The SMILES string of the molecule is CCCOc1cc(Br)c(CNc2cc(Cl)ccc2Cl)cc1OC. The fourth-order valence-corrected chi connectivity index (χ4v) is 2.84. The van der Waals surface area contributed by atoms with Gasteiger partial charge in [-0.3, -0.25) is 0 Å². The van der Waals surface area contributed by atoms with Crippen molar-refractivity contribution in [1.82, 2.24) is 0 Å². The van der Waals surface area contributed by atoms with Gasteiger partial charge in [-0.2, -0.15) is 0 Å². The molecule has 3 nitrogen and oxygen atoms in total. The number of nitrogens with one attached hydrogen (secondary N) is 1. The zero-order valence-corrected chi connectivity index (χ0v) is 16.1. The molecule has 6 heteroatoms. The van der Waals surface area contributed by atoms with Crippen molar-refractivity contribution in [3.8, 4) is 11.5 Å². The minimum atomic E-state index is 0.574. The van der Waals surface area contributed by atoms with Crippen LogP contribution in [0.2, 0.25) is 10.0 Å². The van der Waals surface area contributed by atoms with Gasteiger partial charge < -0.3 is 14.8 Å². The molecule has 2 aromatic carbocycles. The highest BCUT2D eigenvalue weighted by molar-refractivity contribution is 9.10. The van der Waals surface area contributed by atoms with Crippen LogP contribution in [0.25, 0.3) is 0 Å². The summed E-state index contributed by atoms with van der Waals surface area (Å²) in [5.41, 5.74) is 1.82. The maximum Gasteiger partial charge on any atom is 0.162 e. The van der Waals surface area contributed by atoms with Gasteiger partial charge in [0.1, 0.15) is 0 Å². The van der Waals surface area contributed by atoms with Crippen molar-refractivity contribution in [2.45, 2.75) is 19.9 Å². The molecule has 0 aliphatic heterocycles. The van der Waals surface area contributed by atoms with E-state index in [4.69, 9.17) is 32.7 Å². The van der Waals surface area contributed by atoms with Crippen LogP contribution in [0.3, 0.4) is 0 Å². The van der Waals surface area contributed by atoms with Gasteiger partial charge in [-0.15, -0.1) is 0 Å². The molecule has 0 bridgehead atoms. The average Bonchev–Trinajstić information content (AvgIpc) is 2.54. The summed E-state index contributed by atoms with van der Waals surface area (Å²) in [5, 5.41) is 4.54. The summed E-state index contributed by atoms with van der Waals surface area (Å²) in [7, 11) is 1.63. The summed E-state index contributed by atoms with van der Waals surface area (Å²) in [6.07, 6.45) is 0.942. The molecule has 0 aliphatic rings. The van der Waals surface area contributed by atoms with Gasteiger partial charge in [0.25, 0.3) is 0 Å². The maximum atomic E-state index is 6.17. The molecule has 0 radical (unpaired) electrons. The van der Waals surface area contributed by atoms with Crippen molar-refractivity contribution in [3.05, 3.63) is 50.4 Å². The van der Waals surface area contributed by atoms with Crippen molar-refractivity contribution in [3.63, 3.8) is 0 Å². The number of rotatable bonds is 7. The smallest absolute Gasteiger partial charge is 0.162 e. The number of ether oxygens (including phenoxy) is 2. The number of anilines is 1. The maximum absolute atomic E-state index is 6.17. The molecule has 0 fully saturated rings. The zero-order chi connectivity index (χ0) is 16.8. The van der Waals surface area contributed by atoms with Gasteiger partial charge in [-0.1, -0.05) is 46.1 Å². The third kappa shape index (κ3) is 4.93. The molecule has 0 heterocycles. The molecule has 0 aromatic heterocycles. The number of hydrogen-bond donors (Lipinski definition) is 1. The molecular formula is C17H18BrCl2NO2. The predicted molar refractivity (Wildman–Crippen MR) is 100 cm³/mol. The van der Waals surface area contributed by atoms with Crippen molar-refractivity contribution in [2.24, 2.45) is 0 Å². The molecule has 1 N–H and O–H groups in total. The van der Waals surface area contributed by atoms with E-state index in [1.165, 1.54) is 0 Å². The van der Waals surface area contributed by atoms with Crippen molar-refractivity contribution >= 4 is 44.8 Å². The zero-order valence-electron chi connectivity index (χ0n) is 13.0. The fourth-order valence-electron chi connectivity index (χ4n) is 2.02. The average molecular weight is 419 g/mol. The van der Waals surface area contributed by atoms with Crippen LogP contribution >= 0.6 is 39.1 Å². The van der Waals surface area contributed by atoms with Gasteiger partial charge in [0.05, 0.1) is 24.4 Å². The second-order valence-electron chi connectivity index (χ2n) is 4.92. The lowest BCUT2D eigenvalue weighted by Gasteiger charge is -2.15. The van der Waals surface area contributed by atoms with E-state index in [9.17, 15) is 0 Å².